The molecule has 16 heavy (non-hydrogen) atoms. The number of hydrogen-bond donors (Lipinski definition) is 1. The normalized spacial score (nSPS) is 12.5. The van der Waals surface area contributed by atoms with Gasteiger partial charge in [0.15, 0.2) is 0 Å². The number of carbonyl (C=O) groups is 1. The zero-order chi connectivity index (χ0) is 12.1. The van der Waals surface area contributed by atoms with Crippen molar-refractivity contribution in [3.63, 3.8) is 0 Å². The average molecular weight is 223 g/mol. The Morgan fingerprint density at radius 3 is 2.31 bits per heavy atom. The maximum atomic E-state index is 11.0. The summed E-state index contributed by atoms with van der Waals surface area (Å²) in [5, 5.41) is 9.04. The first kappa shape index (κ1) is 12.5. The predicted octanol–water partition coefficient (Wildman–Crippen LogP) is 1.25. The van der Waals surface area contributed by atoms with Crippen LogP contribution in [0, 0.1) is 0 Å². The van der Waals surface area contributed by atoms with Crippen molar-refractivity contribution >= 4 is 5.97 Å². The van der Waals surface area contributed by atoms with Gasteiger partial charge in [-0.1, -0.05) is 12.1 Å². The Hall–Kier alpha value is -1.55. The highest BCUT2D eigenvalue weighted by Gasteiger charge is 2.19. The zero-order valence-electron chi connectivity index (χ0n) is 9.80. The van der Waals surface area contributed by atoms with Gasteiger partial charge in [-0.25, -0.2) is 0 Å². The van der Waals surface area contributed by atoms with Crippen molar-refractivity contribution in [3.05, 3.63) is 29.8 Å². The summed E-state index contributed by atoms with van der Waals surface area (Å²) in [6.07, 6.45) is 0.492. The lowest BCUT2D eigenvalue weighted by Gasteiger charge is -2.19. The molecule has 0 fully saturated rings. The Balaban J connectivity index is 2.74. The van der Waals surface area contributed by atoms with Crippen LogP contribution in [-0.4, -0.2) is 43.2 Å². The third-order valence-electron chi connectivity index (χ3n) is 2.50. The van der Waals surface area contributed by atoms with Gasteiger partial charge in [0.1, 0.15) is 11.8 Å². The van der Waals surface area contributed by atoms with E-state index in [1.165, 1.54) is 0 Å². The molecule has 4 heteroatoms. The Kier molecular flexibility index (Phi) is 4.31. The second-order valence-corrected chi connectivity index (χ2v) is 3.87. The molecule has 0 aromatic heterocycles. The molecule has 0 aliphatic carbocycles. The van der Waals surface area contributed by atoms with Crippen molar-refractivity contribution in [2.45, 2.75) is 12.5 Å². The van der Waals surface area contributed by atoms with Crippen LogP contribution < -0.4 is 4.74 Å². The van der Waals surface area contributed by atoms with Crippen molar-refractivity contribution in [2.75, 3.05) is 21.2 Å². The Labute approximate surface area is 95.5 Å². The van der Waals surface area contributed by atoms with Crippen molar-refractivity contribution < 1.29 is 14.6 Å². The molecule has 0 aliphatic heterocycles. The van der Waals surface area contributed by atoms with E-state index in [2.05, 4.69) is 0 Å². The van der Waals surface area contributed by atoms with Crippen LogP contribution in [0.1, 0.15) is 5.56 Å². The van der Waals surface area contributed by atoms with Gasteiger partial charge in [0.05, 0.1) is 7.11 Å². The van der Waals surface area contributed by atoms with E-state index in [1.54, 1.807) is 26.1 Å². The highest BCUT2D eigenvalue weighted by atomic mass is 16.5. The average Bonchev–Trinajstić information content (AvgIpc) is 2.25. The summed E-state index contributed by atoms with van der Waals surface area (Å²) in [5.74, 6) is -0.0266. The van der Waals surface area contributed by atoms with Crippen molar-refractivity contribution in [2.24, 2.45) is 0 Å². The lowest BCUT2D eigenvalue weighted by Crippen LogP contribution is -2.37. The molecule has 1 rings (SSSR count). The lowest BCUT2D eigenvalue weighted by atomic mass is 10.1. The minimum absolute atomic E-state index is 0.492. The molecule has 0 unspecified atom stereocenters. The summed E-state index contributed by atoms with van der Waals surface area (Å²) in [6.45, 7) is 0. The molecule has 0 saturated carbocycles. The molecule has 0 saturated heterocycles. The number of ether oxygens (including phenoxy) is 1. The molecular weight excluding hydrogens is 206 g/mol. The second kappa shape index (κ2) is 5.51. The minimum atomic E-state index is -0.805. The predicted molar refractivity (Wildman–Crippen MR) is 61.8 cm³/mol. The van der Waals surface area contributed by atoms with Gasteiger partial charge >= 0.3 is 5.97 Å². The molecule has 88 valence electrons. The quantitative estimate of drug-likeness (QED) is 0.816. The zero-order valence-corrected chi connectivity index (χ0v) is 9.80. The molecule has 1 N–H and O–H groups in total. The van der Waals surface area contributed by atoms with Gasteiger partial charge in [-0.3, -0.25) is 9.69 Å². The molecule has 0 bridgehead atoms. The van der Waals surface area contributed by atoms with Crippen LogP contribution in [0.15, 0.2) is 24.3 Å². The minimum Gasteiger partial charge on any atom is -0.497 e. The Bertz CT molecular complexity index is 346. The third kappa shape index (κ3) is 3.24. The fourth-order valence-electron chi connectivity index (χ4n) is 1.48. The van der Waals surface area contributed by atoms with Crippen LogP contribution in [-0.2, 0) is 11.2 Å². The number of rotatable bonds is 5. The van der Waals surface area contributed by atoms with E-state index in [-0.39, 0.29) is 0 Å². The van der Waals surface area contributed by atoms with Gasteiger partial charge in [0, 0.05) is 0 Å². The van der Waals surface area contributed by atoms with Crippen LogP contribution in [0.3, 0.4) is 0 Å². The number of carboxylic acids is 1. The van der Waals surface area contributed by atoms with E-state index in [9.17, 15) is 4.79 Å². The molecule has 0 heterocycles. The van der Waals surface area contributed by atoms with Gasteiger partial charge in [0.2, 0.25) is 0 Å². The molecular formula is C12H17NO3. The van der Waals surface area contributed by atoms with Crippen molar-refractivity contribution in [3.8, 4) is 5.75 Å². The topological polar surface area (TPSA) is 49.8 Å². The molecule has 1 aromatic carbocycles. The summed E-state index contributed by atoms with van der Waals surface area (Å²) in [7, 11) is 5.14. The van der Waals surface area contributed by atoms with Crippen molar-refractivity contribution in [1.29, 1.82) is 0 Å². The van der Waals surface area contributed by atoms with E-state index in [0.717, 1.165) is 11.3 Å². The Morgan fingerprint density at radius 1 is 1.38 bits per heavy atom. The second-order valence-electron chi connectivity index (χ2n) is 3.87. The maximum Gasteiger partial charge on any atom is 0.321 e. The van der Waals surface area contributed by atoms with E-state index < -0.39 is 12.0 Å². The van der Waals surface area contributed by atoms with Crippen LogP contribution in [0.25, 0.3) is 0 Å². The number of nitrogens with zero attached hydrogens (tertiary/aromatic N) is 1. The first-order chi connectivity index (χ1) is 7.54. The number of likely N-dealkylation sites (N-methyl/N-ethyl adjacent to an activating group) is 1. The number of aliphatic carboxylic acids is 1. The lowest BCUT2D eigenvalue weighted by molar-refractivity contribution is -0.142. The van der Waals surface area contributed by atoms with E-state index in [1.807, 2.05) is 24.3 Å². The first-order valence-corrected chi connectivity index (χ1v) is 5.06. The fourth-order valence-corrected chi connectivity index (χ4v) is 1.48. The van der Waals surface area contributed by atoms with Gasteiger partial charge in [-0.05, 0) is 38.2 Å². The van der Waals surface area contributed by atoms with Gasteiger partial charge in [-0.15, -0.1) is 0 Å². The number of benzene rings is 1. The first-order valence-electron chi connectivity index (χ1n) is 5.06. The fraction of sp³-hybridized carbons (Fsp3) is 0.417. The van der Waals surface area contributed by atoms with E-state index in [4.69, 9.17) is 9.84 Å². The molecule has 1 atom stereocenters. The van der Waals surface area contributed by atoms with Gasteiger partial charge in [0.25, 0.3) is 0 Å². The molecule has 4 nitrogen and oxygen atoms in total. The largest absolute Gasteiger partial charge is 0.497 e. The third-order valence-corrected chi connectivity index (χ3v) is 2.50. The summed E-state index contributed by atoms with van der Waals surface area (Å²) >= 11 is 0. The molecule has 0 aliphatic rings. The number of methoxy groups -OCH3 is 1. The molecule has 1 aromatic rings. The summed E-state index contributed by atoms with van der Waals surface area (Å²) in [4.78, 5) is 12.7. The SMILES string of the molecule is COc1ccc(C[C@H](C(=O)O)N(C)C)cc1. The van der Waals surface area contributed by atoms with E-state index in [0.29, 0.717) is 6.42 Å². The number of carboxylic acid groups (broad SMARTS) is 1. The van der Waals surface area contributed by atoms with Crippen LogP contribution in [0.5, 0.6) is 5.75 Å². The van der Waals surface area contributed by atoms with Gasteiger partial charge < -0.3 is 9.84 Å². The van der Waals surface area contributed by atoms with Crippen LogP contribution >= 0.6 is 0 Å². The summed E-state index contributed by atoms with van der Waals surface area (Å²) in [5.41, 5.74) is 0.988. The monoisotopic (exact) mass is 223 g/mol. The van der Waals surface area contributed by atoms with Crippen molar-refractivity contribution in [1.82, 2.24) is 4.90 Å². The summed E-state index contributed by atoms with van der Waals surface area (Å²) < 4.78 is 5.04. The van der Waals surface area contributed by atoms with E-state index >= 15 is 0 Å². The smallest absolute Gasteiger partial charge is 0.321 e. The van der Waals surface area contributed by atoms with Crippen LogP contribution in [0.4, 0.5) is 0 Å². The van der Waals surface area contributed by atoms with Crippen LogP contribution in [0.2, 0.25) is 0 Å². The highest BCUT2D eigenvalue weighted by Crippen LogP contribution is 2.13. The highest BCUT2D eigenvalue weighted by molar-refractivity contribution is 5.73. The molecule has 0 radical (unpaired) electrons. The number of hydrogen-bond acceptors (Lipinski definition) is 3. The molecule has 0 amide bonds. The summed E-state index contributed by atoms with van der Waals surface area (Å²) in [6, 6.07) is 6.96. The molecule has 0 spiro atoms. The standard InChI is InChI=1S/C12H17NO3/c1-13(2)11(12(14)15)8-9-4-6-10(16-3)7-5-9/h4-7,11H,8H2,1-3H3,(H,14,15)/t11-/m1/s1. The van der Waals surface area contributed by atoms with Gasteiger partial charge in [-0.2, -0.15) is 0 Å². The maximum absolute atomic E-state index is 11.0. The Morgan fingerprint density at radius 2 is 1.94 bits per heavy atom.